The summed E-state index contributed by atoms with van der Waals surface area (Å²) in [6.07, 6.45) is 0.235. The maximum absolute atomic E-state index is 8.71. The summed E-state index contributed by atoms with van der Waals surface area (Å²) in [5.74, 6) is 0.804. The molecule has 0 aliphatic carbocycles. The topological polar surface area (TPSA) is 41.6 Å². The lowest BCUT2D eigenvalue weighted by atomic mass is 10.1. The first-order valence-electron chi connectivity index (χ1n) is 5.29. The quantitative estimate of drug-likeness (QED) is 0.816. The third kappa shape index (κ3) is 2.04. The Hall–Kier alpha value is -1.79. The first-order chi connectivity index (χ1) is 8.15. The van der Waals surface area contributed by atoms with E-state index < -0.39 is 0 Å². The summed E-state index contributed by atoms with van der Waals surface area (Å²) in [5, 5.41) is 9.24. The summed E-state index contributed by atoms with van der Waals surface area (Å²) in [5.41, 5.74) is 2.82. The standard InChI is InChI=1S/C13H12ClN3/c1-9-5-3-4-6-10(9)13-16-11(7-8-15)12(14)17(13)2/h3-6H,7H2,1-2H3. The van der Waals surface area contributed by atoms with E-state index in [4.69, 9.17) is 16.9 Å². The molecule has 0 atom stereocenters. The van der Waals surface area contributed by atoms with E-state index in [1.807, 2.05) is 42.8 Å². The maximum Gasteiger partial charge on any atom is 0.141 e. The van der Waals surface area contributed by atoms with Crippen molar-refractivity contribution < 1.29 is 0 Å². The van der Waals surface area contributed by atoms with Crippen molar-refractivity contribution >= 4 is 11.6 Å². The molecular formula is C13H12ClN3. The van der Waals surface area contributed by atoms with Gasteiger partial charge in [-0.2, -0.15) is 5.26 Å². The predicted molar refractivity (Wildman–Crippen MR) is 67.7 cm³/mol. The number of nitrogens with zero attached hydrogens (tertiary/aromatic N) is 3. The van der Waals surface area contributed by atoms with Crippen LogP contribution in [0.2, 0.25) is 5.15 Å². The Morgan fingerprint density at radius 1 is 1.41 bits per heavy atom. The monoisotopic (exact) mass is 245 g/mol. The van der Waals surface area contributed by atoms with Gasteiger partial charge in [0.25, 0.3) is 0 Å². The minimum absolute atomic E-state index is 0.235. The molecule has 0 saturated carbocycles. The molecule has 0 amide bonds. The molecular weight excluding hydrogens is 234 g/mol. The van der Waals surface area contributed by atoms with Crippen molar-refractivity contribution in [1.82, 2.24) is 9.55 Å². The second-order valence-corrected chi connectivity index (χ2v) is 4.24. The minimum Gasteiger partial charge on any atom is -0.318 e. The maximum atomic E-state index is 8.71. The summed E-state index contributed by atoms with van der Waals surface area (Å²) < 4.78 is 1.82. The first kappa shape index (κ1) is 11.7. The molecule has 0 fully saturated rings. The molecule has 2 rings (SSSR count). The van der Waals surface area contributed by atoms with E-state index in [9.17, 15) is 0 Å². The number of hydrogen-bond donors (Lipinski definition) is 0. The number of imidazole rings is 1. The lowest BCUT2D eigenvalue weighted by Crippen LogP contribution is -1.94. The Morgan fingerprint density at radius 2 is 2.12 bits per heavy atom. The van der Waals surface area contributed by atoms with E-state index in [0.29, 0.717) is 10.8 Å². The van der Waals surface area contributed by atoms with E-state index in [-0.39, 0.29) is 6.42 Å². The second-order valence-electron chi connectivity index (χ2n) is 3.88. The van der Waals surface area contributed by atoms with Gasteiger partial charge in [0.1, 0.15) is 11.0 Å². The van der Waals surface area contributed by atoms with Crippen molar-refractivity contribution in [3.8, 4) is 17.5 Å². The lowest BCUT2D eigenvalue weighted by molar-refractivity contribution is 0.923. The molecule has 4 heteroatoms. The molecule has 2 aromatic rings. The Labute approximate surface area is 105 Å². The number of nitriles is 1. The summed E-state index contributed by atoms with van der Waals surface area (Å²) in [4.78, 5) is 4.44. The number of benzene rings is 1. The zero-order valence-electron chi connectivity index (χ0n) is 9.74. The Bertz CT molecular complexity index is 593. The highest BCUT2D eigenvalue weighted by Gasteiger charge is 2.14. The van der Waals surface area contributed by atoms with Crippen LogP contribution in [0.25, 0.3) is 11.4 Å². The van der Waals surface area contributed by atoms with Crippen LogP contribution in [0.5, 0.6) is 0 Å². The average molecular weight is 246 g/mol. The van der Waals surface area contributed by atoms with Gasteiger partial charge < -0.3 is 4.57 Å². The van der Waals surface area contributed by atoms with Crippen molar-refractivity contribution in [1.29, 1.82) is 5.26 Å². The molecule has 17 heavy (non-hydrogen) atoms. The van der Waals surface area contributed by atoms with Crippen LogP contribution in [0.3, 0.4) is 0 Å². The van der Waals surface area contributed by atoms with Gasteiger partial charge in [0.15, 0.2) is 0 Å². The van der Waals surface area contributed by atoms with Crippen molar-refractivity contribution in [3.63, 3.8) is 0 Å². The van der Waals surface area contributed by atoms with Crippen molar-refractivity contribution in [3.05, 3.63) is 40.7 Å². The summed E-state index contributed by atoms with van der Waals surface area (Å²) in [7, 11) is 1.86. The fourth-order valence-electron chi connectivity index (χ4n) is 1.79. The molecule has 1 heterocycles. The number of aryl methyl sites for hydroxylation is 1. The van der Waals surface area contributed by atoms with Crippen LogP contribution in [-0.2, 0) is 13.5 Å². The predicted octanol–water partition coefficient (Wildman–Crippen LogP) is 3.12. The molecule has 1 aromatic carbocycles. The van der Waals surface area contributed by atoms with Crippen LogP contribution in [0.4, 0.5) is 0 Å². The summed E-state index contributed by atoms with van der Waals surface area (Å²) >= 11 is 6.14. The van der Waals surface area contributed by atoms with E-state index in [1.54, 1.807) is 0 Å². The third-order valence-electron chi connectivity index (χ3n) is 2.72. The highest BCUT2D eigenvalue weighted by atomic mass is 35.5. The fraction of sp³-hybridized carbons (Fsp3) is 0.231. The number of rotatable bonds is 2. The van der Waals surface area contributed by atoms with Gasteiger partial charge in [0.2, 0.25) is 0 Å². The largest absolute Gasteiger partial charge is 0.318 e. The molecule has 0 aliphatic rings. The number of aromatic nitrogens is 2. The van der Waals surface area contributed by atoms with Gasteiger partial charge in [0, 0.05) is 12.6 Å². The number of hydrogen-bond acceptors (Lipinski definition) is 2. The van der Waals surface area contributed by atoms with Crippen LogP contribution in [0, 0.1) is 18.3 Å². The van der Waals surface area contributed by atoms with Crippen molar-refractivity contribution in [2.24, 2.45) is 7.05 Å². The van der Waals surface area contributed by atoms with Gasteiger partial charge in [-0.1, -0.05) is 35.9 Å². The van der Waals surface area contributed by atoms with Gasteiger partial charge in [0.05, 0.1) is 18.2 Å². The molecule has 3 nitrogen and oxygen atoms in total. The molecule has 86 valence electrons. The minimum atomic E-state index is 0.235. The van der Waals surface area contributed by atoms with Crippen molar-refractivity contribution in [2.75, 3.05) is 0 Å². The Kier molecular flexibility index (Phi) is 3.16. The van der Waals surface area contributed by atoms with Crippen LogP contribution in [0.15, 0.2) is 24.3 Å². The zero-order chi connectivity index (χ0) is 12.4. The molecule has 0 unspecified atom stereocenters. The molecule has 0 spiro atoms. The molecule has 0 N–H and O–H groups in total. The zero-order valence-corrected chi connectivity index (χ0v) is 10.5. The van der Waals surface area contributed by atoms with E-state index in [2.05, 4.69) is 11.1 Å². The van der Waals surface area contributed by atoms with Crippen LogP contribution in [-0.4, -0.2) is 9.55 Å². The molecule has 0 saturated heterocycles. The highest BCUT2D eigenvalue weighted by Crippen LogP contribution is 2.27. The van der Waals surface area contributed by atoms with Gasteiger partial charge in [-0.3, -0.25) is 0 Å². The van der Waals surface area contributed by atoms with Gasteiger partial charge in [-0.15, -0.1) is 0 Å². The van der Waals surface area contributed by atoms with Crippen LogP contribution >= 0.6 is 11.6 Å². The van der Waals surface area contributed by atoms with Crippen LogP contribution < -0.4 is 0 Å². The van der Waals surface area contributed by atoms with Gasteiger partial charge in [-0.25, -0.2) is 4.98 Å². The fourth-order valence-corrected chi connectivity index (χ4v) is 1.98. The molecule has 0 bridgehead atoms. The first-order valence-corrected chi connectivity index (χ1v) is 5.67. The summed E-state index contributed by atoms with van der Waals surface area (Å²) in [6, 6.07) is 10.1. The highest BCUT2D eigenvalue weighted by molar-refractivity contribution is 6.30. The Balaban J connectivity index is 2.58. The second kappa shape index (κ2) is 4.60. The molecule has 0 radical (unpaired) electrons. The summed E-state index contributed by atoms with van der Waals surface area (Å²) in [6.45, 7) is 2.03. The van der Waals surface area contributed by atoms with Gasteiger partial charge >= 0.3 is 0 Å². The van der Waals surface area contributed by atoms with Crippen molar-refractivity contribution in [2.45, 2.75) is 13.3 Å². The van der Waals surface area contributed by atoms with E-state index in [1.165, 1.54) is 0 Å². The SMILES string of the molecule is Cc1ccccc1-c1nc(CC#N)c(Cl)n1C. The number of halogens is 1. The van der Waals surface area contributed by atoms with E-state index >= 15 is 0 Å². The molecule has 0 aliphatic heterocycles. The average Bonchev–Trinajstić information content (AvgIpc) is 2.59. The van der Waals surface area contributed by atoms with E-state index in [0.717, 1.165) is 17.0 Å². The molecule has 1 aromatic heterocycles. The lowest BCUT2D eigenvalue weighted by Gasteiger charge is -2.05. The third-order valence-corrected chi connectivity index (χ3v) is 3.20. The normalized spacial score (nSPS) is 10.2. The van der Waals surface area contributed by atoms with Crippen LogP contribution in [0.1, 0.15) is 11.3 Å². The Morgan fingerprint density at radius 3 is 2.76 bits per heavy atom. The van der Waals surface area contributed by atoms with Gasteiger partial charge in [-0.05, 0) is 12.5 Å². The smallest absolute Gasteiger partial charge is 0.141 e.